The summed E-state index contributed by atoms with van der Waals surface area (Å²) in [6.07, 6.45) is 4.55. The third kappa shape index (κ3) is 2.02. The first-order valence-electron chi connectivity index (χ1n) is 5.15. The summed E-state index contributed by atoms with van der Waals surface area (Å²) in [5.74, 6) is 0.00667. The van der Waals surface area contributed by atoms with Crippen molar-refractivity contribution in [2.45, 2.75) is 12.5 Å². The van der Waals surface area contributed by atoms with E-state index in [2.05, 4.69) is 10.4 Å². The fraction of sp³-hybridized carbons (Fsp3) is 0.600. The first-order valence-corrected chi connectivity index (χ1v) is 5.15. The van der Waals surface area contributed by atoms with Crippen LogP contribution in [0, 0.1) is 0 Å². The summed E-state index contributed by atoms with van der Waals surface area (Å²) in [7, 11) is 3.49. The number of carbonyl (C=O) groups is 1. The summed E-state index contributed by atoms with van der Waals surface area (Å²) in [4.78, 5) is 13.2. The van der Waals surface area contributed by atoms with Gasteiger partial charge in [0.1, 0.15) is 0 Å². The second-order valence-electron chi connectivity index (χ2n) is 4.06. The van der Waals surface area contributed by atoms with E-state index in [1.54, 1.807) is 25.2 Å². The predicted octanol–water partition coefficient (Wildman–Crippen LogP) is 0.119. The first-order chi connectivity index (χ1) is 7.18. The van der Waals surface area contributed by atoms with E-state index in [9.17, 15) is 4.79 Å². The summed E-state index contributed by atoms with van der Waals surface area (Å²) < 4.78 is 1.89. The molecule has 1 fully saturated rings. The largest absolute Gasteiger partial charge is 0.345 e. The van der Waals surface area contributed by atoms with Crippen molar-refractivity contribution in [3.05, 3.63) is 18.0 Å². The predicted molar refractivity (Wildman–Crippen MR) is 56.8 cm³/mol. The summed E-state index contributed by atoms with van der Waals surface area (Å²) >= 11 is 0. The Bertz CT molecular complexity index is 352. The van der Waals surface area contributed by atoms with Crippen molar-refractivity contribution in [2.75, 3.05) is 27.2 Å². The van der Waals surface area contributed by atoms with Crippen molar-refractivity contribution in [1.29, 1.82) is 0 Å². The van der Waals surface area contributed by atoms with Crippen molar-refractivity contribution in [1.82, 2.24) is 20.0 Å². The van der Waals surface area contributed by atoms with Gasteiger partial charge < -0.3 is 10.2 Å². The Balaban J connectivity index is 2.12. The van der Waals surface area contributed by atoms with Crippen molar-refractivity contribution < 1.29 is 4.79 Å². The summed E-state index contributed by atoms with van der Waals surface area (Å²) in [5, 5.41) is 7.51. The standard InChI is InChI=1S/C10H16N4O/c1-13(2)10(15)8-5-12-14(7-8)9-3-4-11-6-9/h5,7,9,11H,3-4,6H2,1-2H3/t9-/m1/s1. The van der Waals surface area contributed by atoms with Crippen LogP contribution in [0.1, 0.15) is 22.8 Å². The van der Waals surface area contributed by atoms with Gasteiger partial charge in [-0.15, -0.1) is 0 Å². The minimum Gasteiger partial charge on any atom is -0.345 e. The first kappa shape index (κ1) is 10.2. The molecule has 0 aliphatic carbocycles. The van der Waals surface area contributed by atoms with Crippen LogP contribution in [0.4, 0.5) is 0 Å². The fourth-order valence-electron chi connectivity index (χ4n) is 1.77. The Hall–Kier alpha value is -1.36. The van der Waals surface area contributed by atoms with E-state index in [1.165, 1.54) is 0 Å². The van der Waals surface area contributed by atoms with Gasteiger partial charge in [0, 0.05) is 26.8 Å². The highest BCUT2D eigenvalue weighted by atomic mass is 16.2. The van der Waals surface area contributed by atoms with Crippen molar-refractivity contribution in [3.8, 4) is 0 Å². The molecule has 1 aromatic rings. The smallest absolute Gasteiger partial charge is 0.256 e. The molecular weight excluding hydrogens is 192 g/mol. The van der Waals surface area contributed by atoms with Gasteiger partial charge in [0.2, 0.25) is 0 Å². The normalized spacial score (nSPS) is 20.5. The minimum absolute atomic E-state index is 0.00667. The van der Waals surface area contributed by atoms with Gasteiger partial charge in [-0.05, 0) is 13.0 Å². The molecule has 5 heteroatoms. The monoisotopic (exact) mass is 208 g/mol. The maximum Gasteiger partial charge on any atom is 0.256 e. The van der Waals surface area contributed by atoms with E-state index in [0.717, 1.165) is 19.5 Å². The third-order valence-corrected chi connectivity index (χ3v) is 2.66. The molecule has 0 radical (unpaired) electrons. The lowest BCUT2D eigenvalue weighted by Gasteiger charge is -2.09. The average Bonchev–Trinajstić information content (AvgIpc) is 2.86. The van der Waals surface area contributed by atoms with Gasteiger partial charge in [-0.1, -0.05) is 0 Å². The van der Waals surface area contributed by atoms with E-state index in [1.807, 2.05) is 10.9 Å². The lowest BCUT2D eigenvalue weighted by atomic mass is 10.2. The highest BCUT2D eigenvalue weighted by Crippen LogP contribution is 2.14. The van der Waals surface area contributed by atoms with Crippen LogP contribution in [-0.2, 0) is 0 Å². The van der Waals surface area contributed by atoms with E-state index < -0.39 is 0 Å². The number of amides is 1. The van der Waals surface area contributed by atoms with Gasteiger partial charge in [0.25, 0.3) is 5.91 Å². The molecule has 0 saturated carbocycles. The molecule has 5 nitrogen and oxygen atoms in total. The second kappa shape index (κ2) is 4.02. The number of carbonyl (C=O) groups excluding carboxylic acids is 1. The molecule has 82 valence electrons. The van der Waals surface area contributed by atoms with Crippen LogP contribution >= 0.6 is 0 Å². The topological polar surface area (TPSA) is 50.2 Å². The molecule has 1 saturated heterocycles. The van der Waals surface area contributed by atoms with Crippen LogP contribution in [0.5, 0.6) is 0 Å². The average molecular weight is 208 g/mol. The molecule has 0 spiro atoms. The zero-order chi connectivity index (χ0) is 10.8. The zero-order valence-electron chi connectivity index (χ0n) is 9.10. The SMILES string of the molecule is CN(C)C(=O)c1cnn([C@@H]2CCNC2)c1. The Morgan fingerprint density at radius 2 is 2.47 bits per heavy atom. The lowest BCUT2D eigenvalue weighted by molar-refractivity contribution is 0.0827. The van der Waals surface area contributed by atoms with Crippen LogP contribution in [0.15, 0.2) is 12.4 Å². The number of aromatic nitrogens is 2. The Morgan fingerprint density at radius 1 is 1.67 bits per heavy atom. The third-order valence-electron chi connectivity index (χ3n) is 2.66. The Labute approximate surface area is 89.1 Å². The maximum atomic E-state index is 11.6. The van der Waals surface area contributed by atoms with Crippen LogP contribution < -0.4 is 5.32 Å². The van der Waals surface area contributed by atoms with Gasteiger partial charge in [-0.3, -0.25) is 9.48 Å². The molecule has 0 bridgehead atoms. The van der Waals surface area contributed by atoms with Gasteiger partial charge >= 0.3 is 0 Å². The summed E-state index contributed by atoms with van der Waals surface area (Å²) in [6.45, 7) is 1.97. The van der Waals surface area contributed by atoms with Gasteiger partial charge in [-0.25, -0.2) is 0 Å². The number of hydrogen-bond donors (Lipinski definition) is 1. The fourth-order valence-corrected chi connectivity index (χ4v) is 1.77. The molecule has 2 heterocycles. The van der Waals surface area contributed by atoms with Crippen molar-refractivity contribution in [3.63, 3.8) is 0 Å². The van der Waals surface area contributed by atoms with Crippen molar-refractivity contribution >= 4 is 5.91 Å². The highest BCUT2D eigenvalue weighted by Gasteiger charge is 2.18. The van der Waals surface area contributed by atoms with E-state index in [4.69, 9.17) is 0 Å². The number of hydrogen-bond acceptors (Lipinski definition) is 3. The molecule has 1 N–H and O–H groups in total. The Kier molecular flexibility index (Phi) is 2.73. The van der Waals surface area contributed by atoms with Gasteiger partial charge in [0.15, 0.2) is 0 Å². The molecule has 15 heavy (non-hydrogen) atoms. The molecule has 1 aromatic heterocycles. The minimum atomic E-state index is 0.00667. The van der Waals surface area contributed by atoms with Crippen LogP contribution in [0.3, 0.4) is 0 Å². The molecule has 1 aliphatic heterocycles. The molecule has 2 rings (SSSR count). The van der Waals surface area contributed by atoms with E-state index in [0.29, 0.717) is 11.6 Å². The van der Waals surface area contributed by atoms with Crippen LogP contribution in [0.2, 0.25) is 0 Å². The summed E-state index contributed by atoms with van der Waals surface area (Å²) in [6, 6.07) is 0.397. The molecule has 1 aliphatic rings. The number of nitrogens with one attached hydrogen (secondary N) is 1. The van der Waals surface area contributed by atoms with E-state index >= 15 is 0 Å². The van der Waals surface area contributed by atoms with Crippen molar-refractivity contribution in [2.24, 2.45) is 0 Å². The Morgan fingerprint density at radius 3 is 3.07 bits per heavy atom. The molecular formula is C10H16N4O. The summed E-state index contributed by atoms with van der Waals surface area (Å²) in [5.41, 5.74) is 0.659. The molecule has 0 aromatic carbocycles. The van der Waals surface area contributed by atoms with Gasteiger partial charge in [-0.2, -0.15) is 5.10 Å². The quantitative estimate of drug-likeness (QED) is 0.751. The number of nitrogens with zero attached hydrogens (tertiary/aromatic N) is 3. The lowest BCUT2D eigenvalue weighted by Crippen LogP contribution is -2.21. The number of rotatable bonds is 2. The van der Waals surface area contributed by atoms with Crippen LogP contribution in [-0.4, -0.2) is 47.8 Å². The zero-order valence-corrected chi connectivity index (χ0v) is 9.10. The van der Waals surface area contributed by atoms with Gasteiger partial charge in [0.05, 0.1) is 17.8 Å². The maximum absolute atomic E-state index is 11.6. The molecule has 0 unspecified atom stereocenters. The van der Waals surface area contributed by atoms with E-state index in [-0.39, 0.29) is 5.91 Å². The second-order valence-corrected chi connectivity index (χ2v) is 4.06. The molecule has 1 amide bonds. The highest BCUT2D eigenvalue weighted by molar-refractivity contribution is 5.93. The van der Waals surface area contributed by atoms with Crippen LogP contribution in [0.25, 0.3) is 0 Å². The molecule has 1 atom stereocenters.